The number of likely N-dealkylation sites (N-methyl/N-ethyl adjacent to an activating group) is 1. The molecule has 1 aromatic rings. The number of benzene rings is 1. The van der Waals surface area contributed by atoms with Crippen LogP contribution in [0, 0.1) is 6.92 Å². The molecule has 0 bridgehead atoms. The molecule has 0 spiro atoms. The van der Waals surface area contributed by atoms with Crippen molar-refractivity contribution in [3.05, 3.63) is 35.4 Å². The first-order valence-corrected chi connectivity index (χ1v) is 8.02. The number of nitrogens with zero attached hydrogens (tertiary/aromatic N) is 1. The number of aryl methyl sites for hydroxylation is 1. The summed E-state index contributed by atoms with van der Waals surface area (Å²) in [5.74, 6) is 0. The number of hydrogen-bond acceptors (Lipinski definition) is 2. The number of nitrogens with one attached hydrogen (secondary N) is 1. The minimum atomic E-state index is 0.207. The number of likely N-dealkylation sites (tertiary alicyclic amines) is 1. The van der Waals surface area contributed by atoms with Gasteiger partial charge in [-0.15, -0.1) is 0 Å². The zero-order valence-electron chi connectivity index (χ0n) is 13.6. The highest BCUT2D eigenvalue weighted by Crippen LogP contribution is 2.26. The van der Waals surface area contributed by atoms with E-state index < -0.39 is 0 Å². The Labute approximate surface area is 124 Å². The summed E-state index contributed by atoms with van der Waals surface area (Å²) >= 11 is 0. The second-order valence-electron chi connectivity index (χ2n) is 6.74. The Morgan fingerprint density at radius 3 is 2.50 bits per heavy atom. The van der Waals surface area contributed by atoms with Crippen molar-refractivity contribution >= 4 is 0 Å². The monoisotopic (exact) mass is 274 g/mol. The Morgan fingerprint density at radius 2 is 1.90 bits per heavy atom. The van der Waals surface area contributed by atoms with Gasteiger partial charge in [-0.05, 0) is 65.7 Å². The zero-order chi connectivity index (χ0) is 14.6. The first-order valence-electron chi connectivity index (χ1n) is 8.02. The molecule has 20 heavy (non-hydrogen) atoms. The second-order valence-corrected chi connectivity index (χ2v) is 6.74. The predicted octanol–water partition coefficient (Wildman–Crippen LogP) is 3.39. The summed E-state index contributed by atoms with van der Waals surface area (Å²) in [5.41, 5.74) is 3.00. The molecule has 1 aliphatic heterocycles. The summed E-state index contributed by atoms with van der Waals surface area (Å²) in [6.45, 7) is 9.47. The van der Waals surface area contributed by atoms with Gasteiger partial charge in [-0.25, -0.2) is 0 Å². The summed E-state index contributed by atoms with van der Waals surface area (Å²) in [4.78, 5) is 2.67. The summed E-state index contributed by atoms with van der Waals surface area (Å²) in [6.07, 6.45) is 5.20. The predicted molar refractivity (Wildman–Crippen MR) is 87.2 cm³/mol. The molecule has 112 valence electrons. The molecule has 1 N–H and O–H groups in total. The van der Waals surface area contributed by atoms with Crippen LogP contribution in [0.2, 0.25) is 0 Å². The third-order valence-corrected chi connectivity index (χ3v) is 4.89. The van der Waals surface area contributed by atoms with Crippen molar-refractivity contribution in [2.24, 2.45) is 0 Å². The van der Waals surface area contributed by atoms with E-state index in [0.717, 1.165) is 6.42 Å². The van der Waals surface area contributed by atoms with E-state index in [-0.39, 0.29) is 5.54 Å². The fourth-order valence-electron chi connectivity index (χ4n) is 3.47. The Bertz CT molecular complexity index is 419. The van der Waals surface area contributed by atoms with Gasteiger partial charge in [-0.1, -0.05) is 36.2 Å². The topological polar surface area (TPSA) is 15.3 Å². The molecule has 1 unspecified atom stereocenters. The van der Waals surface area contributed by atoms with Crippen LogP contribution in [0.5, 0.6) is 0 Å². The van der Waals surface area contributed by atoms with E-state index in [2.05, 4.69) is 62.3 Å². The van der Waals surface area contributed by atoms with Gasteiger partial charge < -0.3 is 5.32 Å². The summed E-state index contributed by atoms with van der Waals surface area (Å²) in [7, 11) is 2.10. The molecule has 0 radical (unpaired) electrons. The van der Waals surface area contributed by atoms with E-state index >= 15 is 0 Å². The largest absolute Gasteiger partial charge is 0.315 e. The van der Waals surface area contributed by atoms with Gasteiger partial charge >= 0.3 is 0 Å². The quantitative estimate of drug-likeness (QED) is 0.885. The smallest absolute Gasteiger partial charge is 0.0309 e. The molecule has 0 saturated carbocycles. The molecule has 1 saturated heterocycles. The molecule has 0 aromatic heterocycles. The lowest BCUT2D eigenvalue weighted by atomic mass is 9.86. The van der Waals surface area contributed by atoms with Crippen molar-refractivity contribution in [3.63, 3.8) is 0 Å². The lowest BCUT2D eigenvalue weighted by Crippen LogP contribution is -2.59. The van der Waals surface area contributed by atoms with Gasteiger partial charge in [0.05, 0.1) is 0 Å². The molecule has 2 nitrogen and oxygen atoms in total. The van der Waals surface area contributed by atoms with Gasteiger partial charge in [0.15, 0.2) is 0 Å². The van der Waals surface area contributed by atoms with Gasteiger partial charge in [-0.3, -0.25) is 4.90 Å². The van der Waals surface area contributed by atoms with Crippen molar-refractivity contribution in [2.75, 3.05) is 20.1 Å². The van der Waals surface area contributed by atoms with Crippen molar-refractivity contribution in [1.29, 1.82) is 0 Å². The fraction of sp³-hybridized carbons (Fsp3) is 0.667. The molecular weight excluding hydrogens is 244 g/mol. The van der Waals surface area contributed by atoms with Crippen LogP contribution in [0.4, 0.5) is 0 Å². The zero-order valence-corrected chi connectivity index (χ0v) is 13.6. The standard InChI is InChI=1S/C18H30N2/c1-15-9-8-10-16(13-15)14-17(19-4)18(2,3)20-11-6-5-7-12-20/h8-10,13,17,19H,5-7,11-12,14H2,1-4H3. The molecule has 2 rings (SSSR count). The van der Waals surface area contributed by atoms with E-state index in [9.17, 15) is 0 Å². The molecule has 1 atom stereocenters. The second kappa shape index (κ2) is 6.73. The maximum absolute atomic E-state index is 3.57. The Morgan fingerprint density at radius 1 is 1.20 bits per heavy atom. The molecule has 0 amide bonds. The van der Waals surface area contributed by atoms with Crippen molar-refractivity contribution < 1.29 is 0 Å². The molecule has 2 heteroatoms. The Kier molecular flexibility index (Phi) is 5.22. The van der Waals surface area contributed by atoms with Crippen LogP contribution in [-0.4, -0.2) is 36.6 Å². The fourth-order valence-corrected chi connectivity index (χ4v) is 3.47. The van der Waals surface area contributed by atoms with Crippen LogP contribution in [0.1, 0.15) is 44.2 Å². The molecule has 1 aliphatic rings. The lowest BCUT2D eigenvalue weighted by Gasteiger charge is -2.46. The van der Waals surface area contributed by atoms with Gasteiger partial charge in [0.2, 0.25) is 0 Å². The van der Waals surface area contributed by atoms with Crippen molar-refractivity contribution in [1.82, 2.24) is 10.2 Å². The van der Waals surface area contributed by atoms with Crippen LogP contribution in [0.3, 0.4) is 0 Å². The Hall–Kier alpha value is -0.860. The minimum Gasteiger partial charge on any atom is -0.315 e. The Balaban J connectivity index is 2.09. The summed E-state index contributed by atoms with van der Waals surface area (Å²) in [6, 6.07) is 9.40. The third kappa shape index (κ3) is 3.62. The van der Waals surface area contributed by atoms with Gasteiger partial charge in [0.1, 0.15) is 0 Å². The molecule has 1 heterocycles. The average Bonchev–Trinajstić information content (AvgIpc) is 2.45. The van der Waals surface area contributed by atoms with E-state index in [1.807, 2.05) is 0 Å². The number of piperidine rings is 1. The van der Waals surface area contributed by atoms with Crippen molar-refractivity contribution in [3.8, 4) is 0 Å². The van der Waals surface area contributed by atoms with Crippen LogP contribution in [0.15, 0.2) is 24.3 Å². The minimum absolute atomic E-state index is 0.207. The van der Waals surface area contributed by atoms with E-state index in [1.54, 1.807) is 0 Å². The number of hydrogen-bond donors (Lipinski definition) is 1. The van der Waals surface area contributed by atoms with Crippen LogP contribution in [0.25, 0.3) is 0 Å². The third-order valence-electron chi connectivity index (χ3n) is 4.89. The maximum Gasteiger partial charge on any atom is 0.0309 e. The number of rotatable bonds is 5. The van der Waals surface area contributed by atoms with Crippen molar-refractivity contribution in [2.45, 2.75) is 58.0 Å². The van der Waals surface area contributed by atoms with Crippen LogP contribution < -0.4 is 5.32 Å². The van der Waals surface area contributed by atoms with Crippen LogP contribution in [-0.2, 0) is 6.42 Å². The van der Waals surface area contributed by atoms with Gasteiger partial charge in [0, 0.05) is 11.6 Å². The van der Waals surface area contributed by atoms with E-state index in [1.165, 1.54) is 43.5 Å². The SMILES string of the molecule is CNC(Cc1cccc(C)c1)C(C)(C)N1CCCCC1. The molecule has 1 aromatic carbocycles. The van der Waals surface area contributed by atoms with Gasteiger partial charge in [0.25, 0.3) is 0 Å². The highest BCUT2D eigenvalue weighted by Gasteiger charge is 2.35. The highest BCUT2D eigenvalue weighted by atomic mass is 15.2. The first-order chi connectivity index (χ1) is 9.54. The maximum atomic E-state index is 3.57. The van der Waals surface area contributed by atoms with Gasteiger partial charge in [-0.2, -0.15) is 0 Å². The first kappa shape index (κ1) is 15.5. The normalized spacial score (nSPS) is 19.0. The summed E-state index contributed by atoms with van der Waals surface area (Å²) in [5, 5.41) is 3.57. The molecule has 0 aliphatic carbocycles. The van der Waals surface area contributed by atoms with E-state index in [4.69, 9.17) is 0 Å². The van der Waals surface area contributed by atoms with Crippen LogP contribution >= 0.6 is 0 Å². The highest BCUT2D eigenvalue weighted by molar-refractivity contribution is 5.23. The summed E-state index contributed by atoms with van der Waals surface area (Å²) < 4.78 is 0. The lowest BCUT2D eigenvalue weighted by molar-refractivity contribution is 0.0635. The molecule has 1 fully saturated rings. The average molecular weight is 274 g/mol. The van der Waals surface area contributed by atoms with E-state index in [0.29, 0.717) is 6.04 Å². The molecular formula is C18H30N2.